The Morgan fingerprint density at radius 2 is 2.08 bits per heavy atom. The number of aromatic amines is 1. The van der Waals surface area contributed by atoms with Crippen molar-refractivity contribution in [2.45, 2.75) is 38.1 Å². The van der Waals surface area contributed by atoms with Crippen molar-refractivity contribution in [3.8, 4) is 0 Å². The number of aryl methyl sites for hydroxylation is 2. The Bertz CT molecular complexity index is 1010. The van der Waals surface area contributed by atoms with Crippen LogP contribution >= 0.6 is 0 Å². The van der Waals surface area contributed by atoms with Gasteiger partial charge in [0, 0.05) is 28.9 Å². The molecule has 2 aromatic heterocycles. The largest absolute Gasteiger partial charge is 0.360 e. The molecular weight excluding hydrogens is 350 g/mol. The van der Waals surface area contributed by atoms with Crippen molar-refractivity contribution in [3.63, 3.8) is 0 Å². The Kier molecular flexibility index (Phi) is 4.51. The summed E-state index contributed by atoms with van der Waals surface area (Å²) >= 11 is 0. The lowest BCUT2D eigenvalue weighted by Crippen LogP contribution is -2.13. The minimum Gasteiger partial charge on any atom is -0.360 e. The zero-order chi connectivity index (χ0) is 18.2. The van der Waals surface area contributed by atoms with Crippen molar-refractivity contribution in [3.05, 3.63) is 41.7 Å². The molecule has 0 aliphatic heterocycles. The number of sulfonamides is 1. The van der Waals surface area contributed by atoms with Gasteiger partial charge in [0.1, 0.15) is 4.90 Å². The molecule has 0 fully saturated rings. The van der Waals surface area contributed by atoms with E-state index in [0.717, 1.165) is 5.56 Å². The van der Waals surface area contributed by atoms with Crippen molar-refractivity contribution in [2.24, 2.45) is 0 Å². The molecule has 0 amide bonds. The average molecular weight is 368 g/mol. The fraction of sp³-hybridized carbons (Fsp3) is 0.312. The van der Waals surface area contributed by atoms with E-state index in [1.807, 2.05) is 19.9 Å². The van der Waals surface area contributed by atoms with Gasteiger partial charge in [0.2, 0.25) is 0 Å². The number of nitrogens with zero attached hydrogens (tertiary/aromatic N) is 2. The van der Waals surface area contributed by atoms with E-state index in [4.69, 9.17) is 0 Å². The van der Waals surface area contributed by atoms with E-state index in [0.29, 0.717) is 28.4 Å². The van der Waals surface area contributed by atoms with Crippen LogP contribution in [0.2, 0.25) is 0 Å². The smallest absolute Gasteiger partial charge is 0.333 e. The monoisotopic (exact) mass is 368 g/mol. The van der Waals surface area contributed by atoms with Crippen LogP contribution in [0.1, 0.15) is 31.2 Å². The van der Waals surface area contributed by atoms with E-state index < -0.39 is 16.6 Å². The third kappa shape index (κ3) is 3.37. The number of hydrogen-bond donors (Lipinski definition) is 2. The van der Waals surface area contributed by atoms with Crippen LogP contribution in [-0.4, -0.2) is 23.2 Å². The molecule has 0 bridgehead atoms. The lowest BCUT2D eigenvalue weighted by atomic mass is 10.2. The minimum atomic E-state index is -3.96. The molecule has 0 atom stereocenters. The van der Waals surface area contributed by atoms with E-state index in [1.165, 1.54) is 12.3 Å². The van der Waals surface area contributed by atoms with Gasteiger partial charge in [-0.1, -0.05) is 25.5 Å². The van der Waals surface area contributed by atoms with E-state index in [9.17, 15) is 17.2 Å². The Morgan fingerprint density at radius 3 is 2.76 bits per heavy atom. The predicted molar refractivity (Wildman–Crippen MR) is 91.3 cm³/mol. The minimum absolute atomic E-state index is 0.0474. The number of aromatic nitrogens is 3. The second-order valence-corrected chi connectivity index (χ2v) is 7.45. The van der Waals surface area contributed by atoms with E-state index >= 15 is 0 Å². The van der Waals surface area contributed by atoms with Gasteiger partial charge in [-0.05, 0) is 25.0 Å². The molecule has 0 spiro atoms. The number of alkyl halides is 2. The summed E-state index contributed by atoms with van der Waals surface area (Å²) in [4.78, 5) is 2.96. The van der Waals surface area contributed by atoms with Gasteiger partial charge in [-0.15, -0.1) is 5.10 Å². The summed E-state index contributed by atoms with van der Waals surface area (Å²) < 4.78 is 54.2. The maximum atomic E-state index is 13.0. The summed E-state index contributed by atoms with van der Waals surface area (Å²) in [7, 11) is -3.96. The highest BCUT2D eigenvalue weighted by Crippen LogP contribution is 2.26. The van der Waals surface area contributed by atoms with Gasteiger partial charge in [0.25, 0.3) is 10.0 Å². The highest BCUT2D eigenvalue weighted by molar-refractivity contribution is 7.93. The molecule has 0 unspecified atom stereocenters. The van der Waals surface area contributed by atoms with E-state index in [1.54, 1.807) is 12.1 Å². The van der Waals surface area contributed by atoms with Crippen molar-refractivity contribution >= 4 is 26.7 Å². The third-order valence-corrected chi connectivity index (χ3v) is 5.23. The van der Waals surface area contributed by atoms with Crippen LogP contribution in [-0.2, 0) is 16.4 Å². The summed E-state index contributed by atoms with van der Waals surface area (Å²) in [6.45, 7) is 0.926. The molecule has 9 heteroatoms. The van der Waals surface area contributed by atoms with Crippen LogP contribution in [0.3, 0.4) is 0 Å². The highest BCUT2D eigenvalue weighted by Gasteiger charge is 2.22. The molecule has 2 heterocycles. The number of nitrogens with one attached hydrogen (secondary N) is 2. The summed E-state index contributed by atoms with van der Waals surface area (Å²) in [5, 5.41) is 4.21. The zero-order valence-corrected chi connectivity index (χ0v) is 14.6. The predicted octanol–water partition coefficient (Wildman–Crippen LogP) is 3.82. The van der Waals surface area contributed by atoms with Crippen LogP contribution < -0.4 is 4.72 Å². The Morgan fingerprint density at radius 1 is 1.32 bits per heavy atom. The number of fused-ring (bicyclic) bond motifs is 1. The van der Waals surface area contributed by atoms with Gasteiger partial charge >= 0.3 is 6.55 Å². The first-order valence-corrected chi connectivity index (χ1v) is 9.27. The highest BCUT2D eigenvalue weighted by atomic mass is 32.2. The van der Waals surface area contributed by atoms with Gasteiger partial charge in [0.15, 0.2) is 5.82 Å². The number of hydrogen-bond acceptors (Lipinski definition) is 3. The number of anilines is 1. The average Bonchev–Trinajstić information content (AvgIpc) is 3.11. The number of halogens is 2. The molecule has 2 N–H and O–H groups in total. The SMILES string of the molecule is CCCc1cc(NS(=O)(=O)c2c[nH]c3cc(C)ccc23)nn1C(F)F. The summed E-state index contributed by atoms with van der Waals surface area (Å²) in [6, 6.07) is 6.68. The van der Waals surface area contributed by atoms with Crippen molar-refractivity contribution < 1.29 is 17.2 Å². The first kappa shape index (κ1) is 17.4. The van der Waals surface area contributed by atoms with Gasteiger partial charge in [-0.25, -0.2) is 13.1 Å². The van der Waals surface area contributed by atoms with Crippen LogP contribution in [0.4, 0.5) is 14.6 Å². The molecular formula is C16H18F2N4O2S. The Labute approximate surface area is 143 Å². The molecule has 1 aromatic carbocycles. The first-order chi connectivity index (χ1) is 11.8. The van der Waals surface area contributed by atoms with Crippen molar-refractivity contribution in [2.75, 3.05) is 4.72 Å². The maximum Gasteiger partial charge on any atom is 0.333 e. The first-order valence-electron chi connectivity index (χ1n) is 7.79. The molecule has 3 rings (SSSR count). The summed E-state index contributed by atoms with van der Waals surface area (Å²) in [5.74, 6) is -0.120. The van der Waals surface area contributed by atoms with Crippen LogP contribution in [0, 0.1) is 6.92 Å². The molecule has 0 aliphatic carbocycles. The summed E-state index contributed by atoms with van der Waals surface area (Å²) in [6.07, 6.45) is 2.40. The standard InChI is InChI=1S/C16H18F2N4O2S/c1-3-4-11-8-15(20-22(11)16(17)18)21-25(23,24)14-9-19-13-7-10(2)5-6-12(13)14/h5-9,16,19H,3-4H2,1-2H3,(H,20,21). The van der Waals surface area contributed by atoms with Gasteiger partial charge in [-0.2, -0.15) is 8.78 Å². The lowest BCUT2D eigenvalue weighted by Gasteiger charge is -2.05. The Balaban J connectivity index is 1.97. The second-order valence-electron chi connectivity index (χ2n) is 5.80. The molecule has 0 radical (unpaired) electrons. The second kappa shape index (κ2) is 6.47. The van der Waals surface area contributed by atoms with E-state index in [-0.39, 0.29) is 16.4 Å². The Hall–Kier alpha value is -2.42. The van der Waals surface area contributed by atoms with Gasteiger partial charge < -0.3 is 4.98 Å². The molecule has 0 saturated carbocycles. The molecule has 134 valence electrons. The third-order valence-electron chi connectivity index (χ3n) is 3.83. The number of benzene rings is 1. The molecule has 25 heavy (non-hydrogen) atoms. The van der Waals surface area contributed by atoms with Gasteiger partial charge in [0.05, 0.1) is 0 Å². The topological polar surface area (TPSA) is 79.8 Å². The maximum absolute atomic E-state index is 13.0. The van der Waals surface area contributed by atoms with Crippen LogP contribution in [0.15, 0.2) is 35.4 Å². The normalized spacial score (nSPS) is 12.2. The molecule has 0 aliphatic rings. The van der Waals surface area contributed by atoms with Gasteiger partial charge in [-0.3, -0.25) is 4.72 Å². The fourth-order valence-electron chi connectivity index (χ4n) is 2.72. The van der Waals surface area contributed by atoms with Crippen LogP contribution in [0.25, 0.3) is 10.9 Å². The van der Waals surface area contributed by atoms with E-state index in [2.05, 4.69) is 14.8 Å². The molecule has 0 saturated heterocycles. The van der Waals surface area contributed by atoms with Crippen molar-refractivity contribution in [1.82, 2.24) is 14.8 Å². The lowest BCUT2D eigenvalue weighted by molar-refractivity contribution is 0.0537. The van der Waals surface area contributed by atoms with Crippen molar-refractivity contribution in [1.29, 1.82) is 0 Å². The quantitative estimate of drug-likeness (QED) is 0.694. The summed E-state index contributed by atoms with van der Waals surface area (Å²) in [5.41, 5.74) is 1.96. The molecule has 3 aromatic rings. The number of rotatable bonds is 6. The number of H-pyrrole nitrogens is 1. The zero-order valence-electron chi connectivity index (χ0n) is 13.8. The fourth-order valence-corrected chi connectivity index (χ4v) is 3.89. The van der Waals surface area contributed by atoms with Crippen LogP contribution in [0.5, 0.6) is 0 Å². The molecule has 6 nitrogen and oxygen atoms in total.